The fourth-order valence-corrected chi connectivity index (χ4v) is 1.94. The van der Waals surface area contributed by atoms with E-state index in [4.69, 9.17) is 33.4 Å². The number of halogens is 12. The van der Waals surface area contributed by atoms with Gasteiger partial charge in [-0.3, -0.25) is 0 Å². The third-order valence-corrected chi connectivity index (χ3v) is 3.73. The molecule has 194 valence electrons. The first-order valence-corrected chi connectivity index (χ1v) is 8.78. The zero-order chi connectivity index (χ0) is 27.1. The minimum atomic E-state index is -6.02. The minimum absolute atomic E-state index is 0.556. The zero-order valence-electron chi connectivity index (χ0n) is 15.8. The molecule has 1 aromatic rings. The average molecular weight is 558 g/mol. The van der Waals surface area contributed by atoms with Crippen LogP contribution in [0, 0.1) is 0 Å². The van der Waals surface area contributed by atoms with E-state index >= 15 is 0 Å². The van der Waals surface area contributed by atoms with Crippen molar-refractivity contribution in [2.24, 2.45) is 4.99 Å². The molecular weight excluding hydrogens is 547 g/mol. The number of carboxylic acid groups (broad SMARTS) is 2. The number of hydrogen-bond donors (Lipinski definition) is 4. The van der Waals surface area contributed by atoms with Gasteiger partial charge in [0, 0.05) is 13.1 Å². The predicted octanol–water partition coefficient (Wildman–Crippen LogP) is 4.71. The maximum atomic E-state index is 11.3. The van der Waals surface area contributed by atoms with Gasteiger partial charge in [-0.15, -0.1) is 0 Å². The van der Waals surface area contributed by atoms with Gasteiger partial charge in [0.1, 0.15) is 5.69 Å². The lowest BCUT2D eigenvalue weighted by Crippen LogP contribution is -2.43. The maximum Gasteiger partial charge on any atom is 0.465 e. The quantitative estimate of drug-likeness (QED) is 0.401. The Balaban J connectivity index is 0.000000495. The van der Waals surface area contributed by atoms with Crippen molar-refractivity contribution in [2.45, 2.75) is 24.2 Å². The van der Waals surface area contributed by atoms with Crippen molar-refractivity contribution in [3.63, 3.8) is 0 Å². The number of hydrogen-bond acceptors (Lipinski definition) is 3. The van der Waals surface area contributed by atoms with Crippen LogP contribution in [0.1, 0.15) is 0 Å². The van der Waals surface area contributed by atoms with Crippen LogP contribution in [-0.2, 0) is 9.59 Å². The van der Waals surface area contributed by atoms with Crippen molar-refractivity contribution in [2.75, 3.05) is 13.1 Å². The Labute approximate surface area is 192 Å². The molecule has 0 radical (unpaired) electrons. The highest BCUT2D eigenvalue weighted by Gasteiger charge is 2.64. The van der Waals surface area contributed by atoms with Gasteiger partial charge in [-0.2, -0.15) is 43.9 Å². The summed E-state index contributed by atoms with van der Waals surface area (Å²) in [4.78, 5) is 22.7. The molecule has 1 aliphatic heterocycles. The summed E-state index contributed by atoms with van der Waals surface area (Å²) in [6, 6.07) is 5.33. The number of aliphatic imine (C=N–C) groups is 1. The van der Waals surface area contributed by atoms with Gasteiger partial charge >= 0.3 is 36.1 Å². The van der Waals surface area contributed by atoms with Crippen molar-refractivity contribution in [3.8, 4) is 0 Å². The van der Waals surface area contributed by atoms with E-state index < -0.39 is 36.1 Å². The first-order chi connectivity index (χ1) is 15.2. The molecule has 4 N–H and O–H groups in total. The lowest BCUT2D eigenvalue weighted by molar-refractivity contribution is -0.278. The van der Waals surface area contributed by atoms with Crippen molar-refractivity contribution in [1.82, 2.24) is 10.6 Å². The van der Waals surface area contributed by atoms with Gasteiger partial charge in [-0.1, -0.05) is 29.3 Å². The molecule has 1 heterocycles. The summed E-state index contributed by atoms with van der Waals surface area (Å²) < 4.78 is 111. The molecule has 1 aliphatic rings. The summed E-state index contributed by atoms with van der Waals surface area (Å²) in [5.74, 6) is -17.0. The van der Waals surface area contributed by atoms with Gasteiger partial charge < -0.3 is 20.8 Å². The molecule has 1 fully saturated rings. The Morgan fingerprint density at radius 3 is 1.32 bits per heavy atom. The van der Waals surface area contributed by atoms with Crippen LogP contribution in [0.15, 0.2) is 23.2 Å². The molecule has 1 saturated heterocycles. The standard InChI is InChI=1S/C9H9Cl2N3.2C3HF5O2/c10-6-2-1-3-7(11)8(6)14-9-12-4-5-13-9;2*4-2(5,1(9)10)3(6,7)8/h1-3H,4-5H2,(H2,12,13,14);2*(H,9,10). The second-order valence-electron chi connectivity index (χ2n) is 5.64. The molecule has 34 heavy (non-hydrogen) atoms. The topological polar surface area (TPSA) is 111 Å². The third kappa shape index (κ3) is 8.58. The van der Waals surface area contributed by atoms with Crippen LogP contribution in [0.4, 0.5) is 49.6 Å². The Hall–Kier alpha value is -2.69. The largest absolute Gasteiger partial charge is 0.477 e. The highest BCUT2D eigenvalue weighted by atomic mass is 35.5. The Kier molecular flexibility index (Phi) is 10.7. The van der Waals surface area contributed by atoms with Crippen LogP contribution >= 0.6 is 23.2 Å². The second kappa shape index (κ2) is 11.6. The molecule has 0 aromatic heterocycles. The number of carbonyl (C=O) groups is 2. The number of para-hydroxylation sites is 1. The number of nitrogens with zero attached hydrogens (tertiary/aromatic N) is 1. The fraction of sp³-hybridized carbons (Fsp3) is 0.400. The zero-order valence-corrected chi connectivity index (χ0v) is 17.4. The van der Waals surface area contributed by atoms with E-state index in [2.05, 4.69) is 15.6 Å². The Bertz CT molecular complexity index is 843. The Morgan fingerprint density at radius 2 is 1.09 bits per heavy atom. The monoisotopic (exact) mass is 557 g/mol. The smallest absolute Gasteiger partial charge is 0.465 e. The van der Waals surface area contributed by atoms with E-state index in [1.54, 1.807) is 18.2 Å². The van der Waals surface area contributed by atoms with Crippen LogP contribution in [0.2, 0.25) is 10.0 Å². The number of carboxylic acids is 2. The lowest BCUT2D eigenvalue weighted by atomic mass is 10.3. The molecule has 1 aromatic carbocycles. The molecule has 7 nitrogen and oxygen atoms in total. The summed E-state index contributed by atoms with van der Waals surface area (Å²) in [6.45, 7) is 1.75. The number of nitrogens with one attached hydrogen (secondary N) is 2. The molecule has 19 heteroatoms. The van der Waals surface area contributed by atoms with Crippen LogP contribution in [0.25, 0.3) is 0 Å². The van der Waals surface area contributed by atoms with Gasteiger partial charge in [0.2, 0.25) is 0 Å². The van der Waals surface area contributed by atoms with E-state index in [-0.39, 0.29) is 0 Å². The summed E-state index contributed by atoms with van der Waals surface area (Å²) in [7, 11) is 0. The molecular formula is C15H11Cl2F10N3O4. The number of guanidine groups is 1. The summed E-state index contributed by atoms with van der Waals surface area (Å²) in [5, 5.41) is 21.9. The number of aliphatic carboxylic acids is 2. The number of benzene rings is 1. The van der Waals surface area contributed by atoms with Crippen molar-refractivity contribution in [3.05, 3.63) is 28.2 Å². The summed E-state index contributed by atoms with van der Waals surface area (Å²) in [5.41, 5.74) is 0.604. The van der Waals surface area contributed by atoms with Gasteiger partial charge in [0.25, 0.3) is 0 Å². The number of alkyl halides is 10. The van der Waals surface area contributed by atoms with Crippen molar-refractivity contribution in [1.29, 1.82) is 0 Å². The lowest BCUT2D eigenvalue weighted by Gasteiger charge is -2.13. The first-order valence-electron chi connectivity index (χ1n) is 8.02. The van der Waals surface area contributed by atoms with Crippen LogP contribution in [0.3, 0.4) is 0 Å². The summed E-state index contributed by atoms with van der Waals surface area (Å²) in [6.07, 6.45) is -12.0. The predicted molar refractivity (Wildman–Crippen MR) is 96.8 cm³/mol. The SMILES string of the molecule is Clc1cccc(Cl)c1N=C1NCCN1.O=C(O)C(F)(F)C(F)(F)F.O=C(O)C(F)(F)C(F)(F)F. The molecule has 0 spiro atoms. The Morgan fingerprint density at radius 1 is 0.765 bits per heavy atom. The minimum Gasteiger partial charge on any atom is -0.477 e. The molecule has 0 aliphatic carbocycles. The average Bonchev–Trinajstić information content (AvgIpc) is 3.17. The highest BCUT2D eigenvalue weighted by molar-refractivity contribution is 6.38. The van der Waals surface area contributed by atoms with Crippen LogP contribution in [-0.4, -0.2) is 65.4 Å². The van der Waals surface area contributed by atoms with Crippen molar-refractivity contribution >= 4 is 46.8 Å². The van der Waals surface area contributed by atoms with Crippen LogP contribution in [0.5, 0.6) is 0 Å². The molecule has 0 atom stereocenters. The molecule has 0 amide bonds. The molecule has 0 bridgehead atoms. The second-order valence-corrected chi connectivity index (χ2v) is 6.45. The van der Waals surface area contributed by atoms with Crippen LogP contribution < -0.4 is 10.6 Å². The van der Waals surface area contributed by atoms with E-state index in [1.165, 1.54) is 0 Å². The number of rotatable bonds is 3. The van der Waals surface area contributed by atoms with E-state index in [0.717, 1.165) is 19.0 Å². The van der Waals surface area contributed by atoms with E-state index in [1.807, 2.05) is 0 Å². The van der Waals surface area contributed by atoms with Gasteiger partial charge in [-0.25, -0.2) is 14.6 Å². The first kappa shape index (κ1) is 31.3. The normalized spacial score (nSPS) is 13.9. The molecule has 0 saturated carbocycles. The maximum absolute atomic E-state index is 11.3. The van der Waals surface area contributed by atoms with E-state index in [9.17, 15) is 53.5 Å². The summed E-state index contributed by atoms with van der Waals surface area (Å²) >= 11 is 11.9. The third-order valence-electron chi connectivity index (χ3n) is 3.12. The van der Waals surface area contributed by atoms with E-state index in [0.29, 0.717) is 15.7 Å². The van der Waals surface area contributed by atoms with Gasteiger partial charge in [-0.05, 0) is 12.1 Å². The van der Waals surface area contributed by atoms with Gasteiger partial charge in [0.15, 0.2) is 5.96 Å². The fourth-order valence-electron chi connectivity index (χ4n) is 1.45. The van der Waals surface area contributed by atoms with Gasteiger partial charge in [0.05, 0.1) is 10.0 Å². The molecule has 0 unspecified atom stereocenters. The van der Waals surface area contributed by atoms with Crippen molar-refractivity contribution < 1.29 is 63.7 Å². The highest BCUT2D eigenvalue weighted by Crippen LogP contribution is 2.36. The molecule has 2 rings (SSSR count).